The molecule has 0 aliphatic carbocycles. The molecule has 0 saturated heterocycles. The van der Waals surface area contributed by atoms with E-state index in [1.165, 1.54) is 0 Å². The Kier molecular flexibility index (Phi) is 3.71. The van der Waals surface area contributed by atoms with Crippen molar-refractivity contribution in [3.8, 4) is 0 Å². The van der Waals surface area contributed by atoms with Gasteiger partial charge >= 0.3 is 0 Å². The third kappa shape index (κ3) is 2.62. The van der Waals surface area contributed by atoms with Crippen LogP contribution in [0.5, 0.6) is 0 Å². The first-order valence-electron chi connectivity index (χ1n) is 5.41. The van der Waals surface area contributed by atoms with Gasteiger partial charge in [-0.2, -0.15) is 0 Å². The van der Waals surface area contributed by atoms with Crippen LogP contribution >= 0.6 is 11.6 Å². The number of nitrogens with zero attached hydrogens (tertiary/aromatic N) is 2. The molecule has 0 fully saturated rings. The molecule has 1 heterocycles. The van der Waals surface area contributed by atoms with Crippen molar-refractivity contribution in [1.82, 2.24) is 15.3 Å². The lowest BCUT2D eigenvalue weighted by Crippen LogP contribution is -2.19. The molecule has 4 heteroatoms. The van der Waals surface area contributed by atoms with E-state index >= 15 is 0 Å². The second-order valence-corrected chi connectivity index (χ2v) is 4.27. The van der Waals surface area contributed by atoms with Gasteiger partial charge < -0.3 is 5.32 Å². The highest BCUT2D eigenvalue weighted by molar-refractivity contribution is 6.31. The van der Waals surface area contributed by atoms with Crippen molar-refractivity contribution >= 4 is 11.6 Å². The molecule has 17 heavy (non-hydrogen) atoms. The van der Waals surface area contributed by atoms with Crippen LogP contribution in [0.15, 0.2) is 36.8 Å². The van der Waals surface area contributed by atoms with E-state index in [0.717, 1.165) is 21.8 Å². The Morgan fingerprint density at radius 3 is 2.71 bits per heavy atom. The van der Waals surface area contributed by atoms with Crippen LogP contribution in [0, 0.1) is 6.92 Å². The molecule has 0 spiro atoms. The second kappa shape index (κ2) is 5.25. The minimum Gasteiger partial charge on any atom is -0.308 e. The first kappa shape index (κ1) is 12.0. The summed E-state index contributed by atoms with van der Waals surface area (Å²) in [6, 6.07) is 6.05. The molecule has 3 nitrogen and oxygen atoms in total. The number of hydrogen-bond donors (Lipinski definition) is 1. The van der Waals surface area contributed by atoms with Gasteiger partial charge in [-0.05, 0) is 31.2 Å². The van der Waals surface area contributed by atoms with Gasteiger partial charge in [-0.25, -0.2) is 0 Å². The van der Waals surface area contributed by atoms with E-state index in [0.29, 0.717) is 0 Å². The average Bonchev–Trinajstić information content (AvgIpc) is 2.36. The minimum absolute atomic E-state index is 0.0156. The molecular formula is C13H14ClN3. The summed E-state index contributed by atoms with van der Waals surface area (Å²) in [5.41, 5.74) is 3.04. The van der Waals surface area contributed by atoms with Crippen LogP contribution in [0.4, 0.5) is 0 Å². The summed E-state index contributed by atoms with van der Waals surface area (Å²) in [4.78, 5) is 8.39. The molecular weight excluding hydrogens is 234 g/mol. The largest absolute Gasteiger partial charge is 0.308 e. The van der Waals surface area contributed by atoms with E-state index in [9.17, 15) is 0 Å². The lowest BCUT2D eigenvalue weighted by Gasteiger charge is -2.16. The summed E-state index contributed by atoms with van der Waals surface area (Å²) in [6.45, 7) is 1.99. The third-order valence-electron chi connectivity index (χ3n) is 2.70. The average molecular weight is 248 g/mol. The summed E-state index contributed by atoms with van der Waals surface area (Å²) in [6.07, 6.45) is 5.11. The smallest absolute Gasteiger partial charge is 0.0801 e. The fraction of sp³-hybridized carbons (Fsp3) is 0.231. The summed E-state index contributed by atoms with van der Waals surface area (Å²) in [7, 11) is 1.90. The Labute approximate surface area is 106 Å². The fourth-order valence-corrected chi connectivity index (χ4v) is 1.92. The Morgan fingerprint density at radius 2 is 2.12 bits per heavy atom. The van der Waals surface area contributed by atoms with Gasteiger partial charge in [-0.1, -0.05) is 23.7 Å². The second-order valence-electron chi connectivity index (χ2n) is 3.86. The molecule has 0 radical (unpaired) electrons. The zero-order chi connectivity index (χ0) is 12.3. The number of benzene rings is 1. The van der Waals surface area contributed by atoms with Crippen LogP contribution < -0.4 is 5.32 Å². The molecule has 1 N–H and O–H groups in total. The number of aromatic nitrogens is 2. The topological polar surface area (TPSA) is 37.8 Å². The number of aryl methyl sites for hydroxylation is 1. The Morgan fingerprint density at radius 1 is 1.29 bits per heavy atom. The number of halogens is 1. The molecule has 1 atom stereocenters. The van der Waals surface area contributed by atoms with E-state index in [1.54, 1.807) is 18.6 Å². The number of hydrogen-bond acceptors (Lipinski definition) is 3. The quantitative estimate of drug-likeness (QED) is 0.906. The molecule has 1 unspecified atom stereocenters. The molecule has 2 rings (SSSR count). The van der Waals surface area contributed by atoms with Gasteiger partial charge in [0.15, 0.2) is 0 Å². The summed E-state index contributed by atoms with van der Waals surface area (Å²) in [5, 5.41) is 3.99. The van der Waals surface area contributed by atoms with E-state index in [-0.39, 0.29) is 6.04 Å². The molecule has 1 aromatic heterocycles. The van der Waals surface area contributed by atoms with E-state index in [4.69, 9.17) is 11.6 Å². The van der Waals surface area contributed by atoms with Gasteiger partial charge in [0.05, 0.1) is 17.9 Å². The highest BCUT2D eigenvalue weighted by Gasteiger charge is 2.14. The summed E-state index contributed by atoms with van der Waals surface area (Å²) < 4.78 is 0. The molecule has 0 amide bonds. The predicted molar refractivity (Wildman–Crippen MR) is 69.1 cm³/mol. The number of rotatable bonds is 3. The van der Waals surface area contributed by atoms with Crippen molar-refractivity contribution in [2.75, 3.05) is 7.05 Å². The van der Waals surface area contributed by atoms with Gasteiger partial charge in [0, 0.05) is 17.4 Å². The lowest BCUT2D eigenvalue weighted by molar-refractivity contribution is 0.666. The predicted octanol–water partition coefficient (Wildman–Crippen LogP) is 2.75. The maximum Gasteiger partial charge on any atom is 0.0801 e. The fourth-order valence-electron chi connectivity index (χ4n) is 1.73. The van der Waals surface area contributed by atoms with Crippen LogP contribution in [0.3, 0.4) is 0 Å². The van der Waals surface area contributed by atoms with Crippen molar-refractivity contribution in [3.05, 3.63) is 58.6 Å². The first-order valence-corrected chi connectivity index (χ1v) is 5.79. The van der Waals surface area contributed by atoms with Crippen molar-refractivity contribution < 1.29 is 0 Å². The van der Waals surface area contributed by atoms with Crippen LogP contribution in [0.1, 0.15) is 22.9 Å². The van der Waals surface area contributed by atoms with Crippen LogP contribution in [0.2, 0.25) is 5.02 Å². The molecule has 0 aliphatic rings. The molecule has 2 aromatic rings. The van der Waals surface area contributed by atoms with Crippen LogP contribution in [-0.4, -0.2) is 17.0 Å². The van der Waals surface area contributed by atoms with Gasteiger partial charge in [0.2, 0.25) is 0 Å². The van der Waals surface area contributed by atoms with Gasteiger partial charge in [0.1, 0.15) is 0 Å². The minimum atomic E-state index is 0.0156. The highest BCUT2D eigenvalue weighted by atomic mass is 35.5. The van der Waals surface area contributed by atoms with E-state index < -0.39 is 0 Å². The first-order chi connectivity index (χ1) is 8.22. The maximum atomic E-state index is 6.14. The molecule has 0 aliphatic heterocycles. The summed E-state index contributed by atoms with van der Waals surface area (Å²) in [5.74, 6) is 0. The zero-order valence-corrected chi connectivity index (χ0v) is 10.6. The van der Waals surface area contributed by atoms with Crippen LogP contribution in [-0.2, 0) is 0 Å². The van der Waals surface area contributed by atoms with Gasteiger partial charge in [-0.15, -0.1) is 0 Å². The Hall–Kier alpha value is -1.45. The summed E-state index contributed by atoms with van der Waals surface area (Å²) >= 11 is 6.14. The Bertz CT molecular complexity index is 499. The SMILES string of the molecule is CNC(c1ccc(C)c(Cl)c1)c1cnccn1. The van der Waals surface area contributed by atoms with Crippen molar-refractivity contribution in [2.45, 2.75) is 13.0 Å². The van der Waals surface area contributed by atoms with Crippen molar-refractivity contribution in [3.63, 3.8) is 0 Å². The highest BCUT2D eigenvalue weighted by Crippen LogP contribution is 2.24. The van der Waals surface area contributed by atoms with Gasteiger partial charge in [-0.3, -0.25) is 9.97 Å². The van der Waals surface area contributed by atoms with Crippen molar-refractivity contribution in [2.24, 2.45) is 0 Å². The normalized spacial score (nSPS) is 12.4. The standard InChI is InChI=1S/C13H14ClN3/c1-9-3-4-10(7-11(9)14)13(15-2)12-8-16-5-6-17-12/h3-8,13,15H,1-2H3. The molecule has 0 saturated carbocycles. The zero-order valence-electron chi connectivity index (χ0n) is 9.81. The molecule has 0 bridgehead atoms. The van der Waals surface area contributed by atoms with Crippen molar-refractivity contribution in [1.29, 1.82) is 0 Å². The van der Waals surface area contributed by atoms with E-state index in [1.807, 2.05) is 26.1 Å². The lowest BCUT2D eigenvalue weighted by atomic mass is 10.0. The third-order valence-corrected chi connectivity index (χ3v) is 3.10. The maximum absolute atomic E-state index is 6.14. The Balaban J connectivity index is 2.39. The van der Waals surface area contributed by atoms with E-state index in [2.05, 4.69) is 21.4 Å². The number of nitrogens with one attached hydrogen (secondary N) is 1. The van der Waals surface area contributed by atoms with Gasteiger partial charge in [0.25, 0.3) is 0 Å². The molecule has 88 valence electrons. The monoisotopic (exact) mass is 247 g/mol. The van der Waals surface area contributed by atoms with Crippen LogP contribution in [0.25, 0.3) is 0 Å². The molecule has 1 aromatic carbocycles.